The monoisotopic (exact) mass is 342 g/mol. The van der Waals surface area contributed by atoms with Gasteiger partial charge in [-0.05, 0) is 63.5 Å². The minimum atomic E-state index is 0.0227. The van der Waals surface area contributed by atoms with Gasteiger partial charge in [0, 0.05) is 23.6 Å². The Labute approximate surface area is 150 Å². The number of amides is 2. The maximum Gasteiger partial charge on any atom is 0.227 e. The second-order valence-corrected chi connectivity index (χ2v) is 7.79. The molecule has 2 aliphatic rings. The zero-order chi connectivity index (χ0) is 17.8. The number of anilines is 1. The number of aryl methyl sites for hydroxylation is 2. The van der Waals surface area contributed by atoms with Gasteiger partial charge in [-0.3, -0.25) is 9.59 Å². The van der Waals surface area contributed by atoms with E-state index < -0.39 is 0 Å². The Balaban J connectivity index is 1.49. The first-order valence-corrected chi connectivity index (χ1v) is 9.72. The number of rotatable bonds is 4. The third-order valence-electron chi connectivity index (χ3n) is 5.90. The summed E-state index contributed by atoms with van der Waals surface area (Å²) in [4.78, 5) is 25.0. The highest BCUT2D eigenvalue weighted by atomic mass is 16.2. The van der Waals surface area contributed by atoms with E-state index in [1.807, 2.05) is 32.0 Å². The summed E-state index contributed by atoms with van der Waals surface area (Å²) < 4.78 is 0. The summed E-state index contributed by atoms with van der Waals surface area (Å²) in [5, 5.41) is 6.32. The van der Waals surface area contributed by atoms with Gasteiger partial charge in [-0.1, -0.05) is 31.0 Å². The first kappa shape index (κ1) is 18.0. The van der Waals surface area contributed by atoms with Crippen molar-refractivity contribution in [1.29, 1.82) is 0 Å². The fourth-order valence-corrected chi connectivity index (χ4v) is 4.24. The summed E-state index contributed by atoms with van der Waals surface area (Å²) >= 11 is 0. The van der Waals surface area contributed by atoms with Crippen LogP contribution in [0.5, 0.6) is 0 Å². The minimum absolute atomic E-state index is 0.0227. The Hall–Kier alpha value is -1.84. The smallest absolute Gasteiger partial charge is 0.227 e. The molecule has 0 saturated heterocycles. The summed E-state index contributed by atoms with van der Waals surface area (Å²) in [6, 6.07) is 6.44. The average molecular weight is 342 g/mol. The van der Waals surface area contributed by atoms with Crippen molar-refractivity contribution in [2.75, 3.05) is 5.32 Å². The van der Waals surface area contributed by atoms with Crippen LogP contribution in [0.1, 0.15) is 62.5 Å². The molecule has 3 rings (SSSR count). The molecule has 2 fully saturated rings. The Bertz CT molecular complexity index is 607. The molecule has 0 bridgehead atoms. The Morgan fingerprint density at radius 3 is 1.92 bits per heavy atom. The van der Waals surface area contributed by atoms with Gasteiger partial charge in [0.1, 0.15) is 0 Å². The van der Waals surface area contributed by atoms with Gasteiger partial charge >= 0.3 is 0 Å². The van der Waals surface area contributed by atoms with Crippen LogP contribution in [-0.4, -0.2) is 17.9 Å². The second-order valence-electron chi connectivity index (χ2n) is 7.79. The number of nitrogens with one attached hydrogen (secondary N) is 2. The van der Waals surface area contributed by atoms with E-state index in [9.17, 15) is 9.59 Å². The summed E-state index contributed by atoms with van der Waals surface area (Å²) in [6.07, 6.45) is 7.97. The van der Waals surface area contributed by atoms with Gasteiger partial charge in [-0.15, -0.1) is 0 Å². The predicted octanol–water partition coefficient (Wildman–Crippen LogP) is 4.11. The fraction of sp³-hybridized carbons (Fsp3) is 0.619. The van der Waals surface area contributed by atoms with Crippen molar-refractivity contribution in [3.8, 4) is 0 Å². The van der Waals surface area contributed by atoms with Crippen molar-refractivity contribution in [1.82, 2.24) is 5.32 Å². The van der Waals surface area contributed by atoms with Crippen molar-refractivity contribution in [2.45, 2.75) is 71.3 Å². The number of hydrogen-bond donors (Lipinski definition) is 2. The average Bonchev–Trinajstić information content (AvgIpc) is 3.11. The molecule has 0 heterocycles. The highest BCUT2D eigenvalue weighted by Crippen LogP contribution is 2.31. The molecule has 0 radical (unpaired) electrons. The van der Waals surface area contributed by atoms with Crippen LogP contribution >= 0.6 is 0 Å². The molecule has 2 N–H and O–H groups in total. The molecular weight excluding hydrogens is 312 g/mol. The van der Waals surface area contributed by atoms with Gasteiger partial charge in [0.15, 0.2) is 0 Å². The van der Waals surface area contributed by atoms with E-state index in [0.717, 1.165) is 55.3 Å². The van der Waals surface area contributed by atoms with Crippen LogP contribution in [0.2, 0.25) is 0 Å². The summed E-state index contributed by atoms with van der Waals surface area (Å²) in [6.45, 7) is 4.04. The Morgan fingerprint density at radius 2 is 1.36 bits per heavy atom. The fourth-order valence-electron chi connectivity index (χ4n) is 4.24. The third kappa shape index (κ3) is 4.42. The molecule has 0 aliphatic heterocycles. The lowest BCUT2D eigenvalue weighted by atomic mass is 9.81. The third-order valence-corrected chi connectivity index (χ3v) is 5.90. The van der Waals surface area contributed by atoms with Gasteiger partial charge in [0.2, 0.25) is 11.8 Å². The number of para-hydroxylation sites is 1. The van der Waals surface area contributed by atoms with Crippen molar-refractivity contribution in [2.24, 2.45) is 11.8 Å². The predicted molar refractivity (Wildman–Crippen MR) is 100 cm³/mol. The normalized spacial score (nSPS) is 24.1. The van der Waals surface area contributed by atoms with Gasteiger partial charge < -0.3 is 10.6 Å². The number of hydrogen-bond acceptors (Lipinski definition) is 2. The van der Waals surface area contributed by atoms with Crippen LogP contribution in [0.3, 0.4) is 0 Å². The molecule has 2 amide bonds. The van der Waals surface area contributed by atoms with E-state index in [1.54, 1.807) is 0 Å². The summed E-state index contributed by atoms with van der Waals surface area (Å²) in [5.74, 6) is 0.423. The van der Waals surface area contributed by atoms with E-state index in [-0.39, 0.29) is 23.7 Å². The lowest BCUT2D eigenvalue weighted by Crippen LogP contribution is -2.39. The van der Waals surface area contributed by atoms with Crippen LogP contribution < -0.4 is 10.6 Å². The maximum atomic E-state index is 12.6. The topological polar surface area (TPSA) is 58.2 Å². The van der Waals surface area contributed by atoms with Crippen LogP contribution in [0.25, 0.3) is 0 Å². The number of carbonyl (C=O) groups is 2. The highest BCUT2D eigenvalue weighted by molar-refractivity contribution is 5.94. The summed E-state index contributed by atoms with van der Waals surface area (Å²) in [5.41, 5.74) is 3.13. The van der Waals surface area contributed by atoms with Gasteiger partial charge in [0.25, 0.3) is 0 Å². The second kappa shape index (κ2) is 8.03. The molecule has 0 unspecified atom stereocenters. The highest BCUT2D eigenvalue weighted by Gasteiger charge is 2.31. The van der Waals surface area contributed by atoms with Crippen molar-refractivity contribution in [3.63, 3.8) is 0 Å². The minimum Gasteiger partial charge on any atom is -0.353 e. The Morgan fingerprint density at radius 1 is 0.840 bits per heavy atom. The van der Waals surface area contributed by atoms with Crippen LogP contribution in [0.4, 0.5) is 5.69 Å². The molecule has 2 saturated carbocycles. The molecule has 0 atom stereocenters. The molecule has 4 heteroatoms. The Kier molecular flexibility index (Phi) is 5.77. The lowest BCUT2D eigenvalue weighted by Gasteiger charge is -2.28. The largest absolute Gasteiger partial charge is 0.353 e. The molecule has 0 aromatic heterocycles. The van der Waals surface area contributed by atoms with Crippen LogP contribution in [-0.2, 0) is 9.59 Å². The standard InChI is InChI=1S/C21H30N2O2/c1-14-6-5-7-15(2)19(14)23-21(25)17-12-10-16(11-13-17)20(24)22-18-8-3-4-9-18/h5-7,16-18H,3-4,8-13H2,1-2H3,(H,22,24)(H,23,25). The zero-order valence-corrected chi connectivity index (χ0v) is 15.4. The SMILES string of the molecule is Cc1cccc(C)c1NC(=O)C1CCC(C(=O)NC2CCCC2)CC1. The molecule has 1 aromatic rings. The molecule has 4 nitrogen and oxygen atoms in total. The zero-order valence-electron chi connectivity index (χ0n) is 15.4. The molecular formula is C21H30N2O2. The summed E-state index contributed by atoms with van der Waals surface area (Å²) in [7, 11) is 0. The first-order valence-electron chi connectivity index (χ1n) is 9.72. The molecule has 136 valence electrons. The quantitative estimate of drug-likeness (QED) is 0.865. The van der Waals surface area contributed by atoms with Crippen molar-refractivity contribution < 1.29 is 9.59 Å². The van der Waals surface area contributed by atoms with Gasteiger partial charge in [0.05, 0.1) is 0 Å². The van der Waals surface area contributed by atoms with E-state index in [4.69, 9.17) is 0 Å². The van der Waals surface area contributed by atoms with Crippen molar-refractivity contribution in [3.05, 3.63) is 29.3 Å². The van der Waals surface area contributed by atoms with E-state index in [2.05, 4.69) is 10.6 Å². The van der Waals surface area contributed by atoms with Gasteiger partial charge in [-0.2, -0.15) is 0 Å². The van der Waals surface area contributed by atoms with Crippen LogP contribution in [0, 0.1) is 25.7 Å². The molecule has 25 heavy (non-hydrogen) atoms. The molecule has 1 aromatic carbocycles. The van der Waals surface area contributed by atoms with E-state index in [0.29, 0.717) is 6.04 Å². The molecule has 2 aliphatic carbocycles. The van der Waals surface area contributed by atoms with Gasteiger partial charge in [-0.25, -0.2) is 0 Å². The molecule has 0 spiro atoms. The maximum absolute atomic E-state index is 12.6. The first-order chi connectivity index (χ1) is 12.0. The van der Waals surface area contributed by atoms with Crippen molar-refractivity contribution >= 4 is 17.5 Å². The van der Waals surface area contributed by atoms with E-state index >= 15 is 0 Å². The number of carbonyl (C=O) groups excluding carboxylic acids is 2. The lowest BCUT2D eigenvalue weighted by molar-refractivity contribution is -0.129. The van der Waals surface area contributed by atoms with Crippen LogP contribution in [0.15, 0.2) is 18.2 Å². The van der Waals surface area contributed by atoms with E-state index in [1.165, 1.54) is 12.8 Å². The number of benzene rings is 1.